The number of hydrogen-bond donors (Lipinski definition) is 1. The van der Waals surface area contributed by atoms with Crippen LogP contribution in [0.1, 0.15) is 23.3 Å². The smallest absolute Gasteiger partial charge is 0.417 e. The molecule has 1 aromatic heterocycles. The van der Waals surface area contributed by atoms with Crippen molar-refractivity contribution in [2.75, 3.05) is 6.61 Å². The Labute approximate surface area is 135 Å². The number of alkyl halides is 3. The Morgan fingerprint density at radius 1 is 1.18 bits per heavy atom. The number of thiophene rings is 1. The Hall–Kier alpha value is -1.40. The first-order chi connectivity index (χ1) is 10.4. The lowest BCUT2D eigenvalue weighted by Crippen LogP contribution is -2.02. The predicted molar refractivity (Wildman–Crippen MR) is 80.9 cm³/mol. The largest absolute Gasteiger partial charge is 0.506 e. The number of aromatic hydroxyl groups is 1. The summed E-state index contributed by atoms with van der Waals surface area (Å²) in [7, 11) is 0. The van der Waals surface area contributed by atoms with Crippen molar-refractivity contribution in [2.24, 2.45) is 0 Å². The van der Waals surface area contributed by atoms with E-state index in [2.05, 4.69) is 0 Å². The van der Waals surface area contributed by atoms with Crippen LogP contribution in [0.4, 0.5) is 13.2 Å². The molecule has 0 amide bonds. The fraction of sp³-hybridized carbons (Fsp3) is 0.333. The van der Waals surface area contributed by atoms with Crippen LogP contribution in [-0.2, 0) is 12.6 Å². The van der Waals surface area contributed by atoms with Gasteiger partial charge in [-0.2, -0.15) is 13.2 Å². The summed E-state index contributed by atoms with van der Waals surface area (Å²) in [6.07, 6.45) is -2.21. The van der Waals surface area contributed by atoms with Crippen molar-refractivity contribution >= 4 is 22.9 Å². The van der Waals surface area contributed by atoms with Gasteiger partial charge in [-0.15, -0.1) is 11.3 Å². The minimum atomic E-state index is -4.27. The lowest BCUT2D eigenvalue weighted by molar-refractivity contribution is -0.137. The lowest BCUT2D eigenvalue weighted by atomic mass is 10.2. The SMILES string of the molecule is Oc1ccc(OCCCCc2cc(C(F)(F)F)cs2)cc1Cl. The molecular weight excluding hydrogens is 337 g/mol. The van der Waals surface area contributed by atoms with E-state index in [-0.39, 0.29) is 10.8 Å². The highest BCUT2D eigenvalue weighted by Gasteiger charge is 2.31. The molecule has 2 rings (SSSR count). The average molecular weight is 351 g/mol. The van der Waals surface area contributed by atoms with Crippen LogP contribution in [0.3, 0.4) is 0 Å². The summed E-state index contributed by atoms with van der Waals surface area (Å²) in [4.78, 5) is 0.722. The molecule has 0 radical (unpaired) electrons. The molecule has 1 heterocycles. The van der Waals surface area contributed by atoms with E-state index in [0.29, 0.717) is 18.8 Å². The molecule has 120 valence electrons. The topological polar surface area (TPSA) is 29.5 Å². The minimum Gasteiger partial charge on any atom is -0.506 e. The van der Waals surface area contributed by atoms with E-state index in [4.69, 9.17) is 16.3 Å². The van der Waals surface area contributed by atoms with Gasteiger partial charge in [0.25, 0.3) is 0 Å². The van der Waals surface area contributed by atoms with Gasteiger partial charge in [0.15, 0.2) is 0 Å². The molecule has 22 heavy (non-hydrogen) atoms. The van der Waals surface area contributed by atoms with Crippen LogP contribution in [0, 0.1) is 0 Å². The van der Waals surface area contributed by atoms with Crippen molar-refractivity contribution in [3.63, 3.8) is 0 Å². The molecule has 0 aliphatic heterocycles. The van der Waals surface area contributed by atoms with Crippen LogP contribution in [-0.4, -0.2) is 11.7 Å². The highest BCUT2D eigenvalue weighted by molar-refractivity contribution is 7.10. The lowest BCUT2D eigenvalue weighted by Gasteiger charge is -2.06. The van der Waals surface area contributed by atoms with Gasteiger partial charge < -0.3 is 9.84 Å². The molecule has 0 fully saturated rings. The van der Waals surface area contributed by atoms with E-state index in [1.54, 1.807) is 6.07 Å². The maximum Gasteiger partial charge on any atom is 0.417 e. The molecule has 0 unspecified atom stereocenters. The monoisotopic (exact) mass is 350 g/mol. The summed E-state index contributed by atoms with van der Waals surface area (Å²) < 4.78 is 42.8. The fourth-order valence-corrected chi connectivity index (χ4v) is 2.94. The van der Waals surface area contributed by atoms with Crippen molar-refractivity contribution in [2.45, 2.75) is 25.4 Å². The molecule has 0 aliphatic rings. The van der Waals surface area contributed by atoms with Crippen LogP contribution >= 0.6 is 22.9 Å². The Morgan fingerprint density at radius 2 is 1.95 bits per heavy atom. The van der Waals surface area contributed by atoms with Crippen molar-refractivity contribution in [3.05, 3.63) is 45.1 Å². The van der Waals surface area contributed by atoms with Crippen LogP contribution in [0.2, 0.25) is 5.02 Å². The van der Waals surface area contributed by atoms with E-state index in [0.717, 1.165) is 34.4 Å². The number of hydrogen-bond acceptors (Lipinski definition) is 3. The summed E-state index contributed by atoms with van der Waals surface area (Å²) in [6.45, 7) is 0.443. The Morgan fingerprint density at radius 3 is 2.59 bits per heavy atom. The van der Waals surface area contributed by atoms with Gasteiger partial charge in [-0.05, 0) is 37.5 Å². The normalized spacial score (nSPS) is 11.6. The van der Waals surface area contributed by atoms with E-state index in [1.165, 1.54) is 18.2 Å². The first-order valence-corrected chi connectivity index (χ1v) is 7.88. The first kappa shape index (κ1) is 17.0. The number of ether oxygens (including phenoxy) is 1. The predicted octanol–water partition coefficient (Wildman–Crippen LogP) is 5.53. The molecule has 2 nitrogen and oxygen atoms in total. The summed E-state index contributed by atoms with van der Waals surface area (Å²) >= 11 is 6.88. The average Bonchev–Trinajstić information content (AvgIpc) is 2.91. The molecule has 0 spiro atoms. The van der Waals surface area contributed by atoms with Gasteiger partial charge in [-0.25, -0.2) is 0 Å². The van der Waals surface area contributed by atoms with Gasteiger partial charge in [-0.3, -0.25) is 0 Å². The second-order valence-electron chi connectivity index (χ2n) is 4.72. The van der Waals surface area contributed by atoms with Crippen molar-refractivity contribution in [1.82, 2.24) is 0 Å². The molecule has 7 heteroatoms. The number of phenols is 1. The van der Waals surface area contributed by atoms with Gasteiger partial charge in [0.1, 0.15) is 11.5 Å². The highest BCUT2D eigenvalue weighted by atomic mass is 35.5. The number of halogens is 4. The molecule has 0 aliphatic carbocycles. The zero-order chi connectivity index (χ0) is 16.2. The molecule has 1 N–H and O–H groups in total. The van der Waals surface area contributed by atoms with Gasteiger partial charge in [0, 0.05) is 16.3 Å². The maximum atomic E-state index is 12.5. The highest BCUT2D eigenvalue weighted by Crippen LogP contribution is 2.33. The van der Waals surface area contributed by atoms with Crippen molar-refractivity contribution < 1.29 is 23.0 Å². The molecular formula is C15H14ClF3O2S. The summed E-state index contributed by atoms with van der Waals surface area (Å²) in [5.41, 5.74) is -0.581. The van der Waals surface area contributed by atoms with Crippen molar-refractivity contribution in [3.8, 4) is 11.5 Å². The zero-order valence-corrected chi connectivity index (χ0v) is 13.1. The van der Waals surface area contributed by atoms with E-state index in [1.807, 2.05) is 0 Å². The minimum absolute atomic E-state index is 0.00724. The van der Waals surface area contributed by atoms with Crippen LogP contribution in [0.15, 0.2) is 29.6 Å². The number of rotatable bonds is 6. The third-order valence-corrected chi connectivity index (χ3v) is 4.29. The second kappa shape index (κ2) is 7.24. The first-order valence-electron chi connectivity index (χ1n) is 6.62. The third kappa shape index (κ3) is 4.81. The molecule has 0 saturated carbocycles. The van der Waals surface area contributed by atoms with Crippen molar-refractivity contribution in [1.29, 1.82) is 0 Å². The van der Waals surface area contributed by atoms with E-state index in [9.17, 15) is 18.3 Å². The molecule has 2 aromatic rings. The second-order valence-corrected chi connectivity index (χ2v) is 6.12. The number of benzene rings is 1. The Kier molecular flexibility index (Phi) is 5.58. The quantitative estimate of drug-likeness (QED) is 0.694. The van der Waals surface area contributed by atoms with Gasteiger partial charge in [0.05, 0.1) is 17.2 Å². The molecule has 0 saturated heterocycles. The Balaban J connectivity index is 1.71. The van der Waals surface area contributed by atoms with Gasteiger partial charge in [-0.1, -0.05) is 11.6 Å². The third-order valence-electron chi connectivity index (χ3n) is 2.99. The summed E-state index contributed by atoms with van der Waals surface area (Å²) in [5, 5.41) is 10.6. The molecule has 0 bridgehead atoms. The molecule has 1 aromatic carbocycles. The summed E-state index contributed by atoms with van der Waals surface area (Å²) in [5.74, 6) is 0.547. The van der Waals surface area contributed by atoms with Crippen LogP contribution in [0.5, 0.6) is 11.5 Å². The molecule has 0 atom stereocenters. The Bertz CT molecular complexity index is 625. The van der Waals surface area contributed by atoms with Gasteiger partial charge in [0.2, 0.25) is 0 Å². The van der Waals surface area contributed by atoms with Crippen LogP contribution < -0.4 is 4.74 Å². The van der Waals surface area contributed by atoms with E-state index < -0.39 is 11.7 Å². The number of aryl methyl sites for hydroxylation is 1. The summed E-state index contributed by atoms with van der Waals surface area (Å²) in [6, 6.07) is 5.77. The maximum absolute atomic E-state index is 12.5. The fourth-order valence-electron chi connectivity index (χ4n) is 1.83. The number of unbranched alkanes of at least 4 members (excludes halogenated alkanes) is 1. The van der Waals surface area contributed by atoms with Gasteiger partial charge >= 0.3 is 6.18 Å². The van der Waals surface area contributed by atoms with Crippen LogP contribution in [0.25, 0.3) is 0 Å². The van der Waals surface area contributed by atoms with E-state index >= 15 is 0 Å². The zero-order valence-electron chi connectivity index (χ0n) is 11.5. The number of phenolic OH excluding ortho intramolecular Hbond substituents is 1. The standard InChI is InChI=1S/C15H14ClF3O2S/c16-13-8-11(4-5-14(13)20)21-6-2-1-3-12-7-10(9-22-12)15(17,18)19/h4-5,7-9,20H,1-3,6H2.